The first kappa shape index (κ1) is 18.7. The quantitative estimate of drug-likeness (QED) is 0.551. The summed E-state index contributed by atoms with van der Waals surface area (Å²) in [7, 11) is 0. The molecule has 1 aromatic carbocycles. The highest BCUT2D eigenvalue weighted by Crippen LogP contribution is 2.21. The summed E-state index contributed by atoms with van der Waals surface area (Å²) < 4.78 is 15.4. The highest BCUT2D eigenvalue weighted by molar-refractivity contribution is 7.99. The summed E-state index contributed by atoms with van der Waals surface area (Å²) in [5.41, 5.74) is -0.0652. The number of amides is 1. The number of carboxylic acids is 1. The van der Waals surface area contributed by atoms with E-state index in [1.165, 1.54) is 18.2 Å². The number of carbonyl (C=O) groups excluding carboxylic acids is 1. The summed E-state index contributed by atoms with van der Waals surface area (Å²) in [5.74, 6) is -1.89. The van der Waals surface area contributed by atoms with Gasteiger partial charge in [0.15, 0.2) is 11.0 Å². The number of nitrogens with one attached hydrogen (secondary N) is 1. The average Bonchev–Trinajstić information content (AvgIpc) is 2.96. The van der Waals surface area contributed by atoms with Gasteiger partial charge in [-0.2, -0.15) is 0 Å². The van der Waals surface area contributed by atoms with Gasteiger partial charge in [-0.05, 0) is 19.1 Å². The molecule has 0 aliphatic heterocycles. The van der Waals surface area contributed by atoms with Gasteiger partial charge in [0.2, 0.25) is 0 Å². The van der Waals surface area contributed by atoms with Crippen molar-refractivity contribution in [3.05, 3.63) is 54.1 Å². The Morgan fingerprint density at radius 3 is 2.80 bits per heavy atom. The van der Waals surface area contributed by atoms with Crippen molar-refractivity contribution in [3.8, 4) is 0 Å². The third kappa shape index (κ3) is 4.66. The second-order valence-electron chi connectivity index (χ2n) is 5.10. The minimum absolute atomic E-state index is 0.0652. The van der Waals surface area contributed by atoms with E-state index in [2.05, 4.69) is 22.1 Å². The Morgan fingerprint density at radius 1 is 1.44 bits per heavy atom. The SMILES string of the molecule is C=CCn1c(SCC(=O)O)nnc1[C@H](C)NC(=O)c1ccccc1F. The van der Waals surface area contributed by atoms with Crippen LogP contribution in [-0.2, 0) is 11.3 Å². The third-order valence-electron chi connectivity index (χ3n) is 3.24. The predicted octanol–water partition coefficient (Wildman–Crippen LogP) is 2.27. The van der Waals surface area contributed by atoms with Gasteiger partial charge in [0, 0.05) is 6.54 Å². The number of thioether (sulfide) groups is 1. The Hall–Kier alpha value is -2.68. The van der Waals surface area contributed by atoms with Crippen molar-refractivity contribution >= 4 is 23.6 Å². The number of hydrogen-bond acceptors (Lipinski definition) is 5. The Kier molecular flexibility index (Phi) is 6.29. The molecule has 0 radical (unpaired) electrons. The zero-order valence-electron chi connectivity index (χ0n) is 13.5. The van der Waals surface area contributed by atoms with Crippen LogP contribution >= 0.6 is 11.8 Å². The molecule has 0 spiro atoms. The molecule has 0 aliphatic rings. The largest absolute Gasteiger partial charge is 0.481 e. The first-order valence-corrected chi connectivity index (χ1v) is 8.36. The number of allylic oxidation sites excluding steroid dienone is 1. The molecule has 1 amide bonds. The second kappa shape index (κ2) is 8.43. The molecule has 2 rings (SSSR count). The fourth-order valence-electron chi connectivity index (χ4n) is 2.14. The molecule has 0 aliphatic carbocycles. The minimum Gasteiger partial charge on any atom is -0.481 e. The summed E-state index contributed by atoms with van der Waals surface area (Å²) in [6.45, 7) is 5.69. The number of aromatic nitrogens is 3. The van der Waals surface area contributed by atoms with Gasteiger partial charge in [0.1, 0.15) is 5.82 Å². The van der Waals surface area contributed by atoms with Crippen LogP contribution in [0.4, 0.5) is 4.39 Å². The number of rotatable bonds is 8. The molecule has 0 saturated heterocycles. The van der Waals surface area contributed by atoms with Crippen LogP contribution in [0, 0.1) is 5.82 Å². The summed E-state index contributed by atoms with van der Waals surface area (Å²) in [4.78, 5) is 23.0. The van der Waals surface area contributed by atoms with E-state index in [1.54, 1.807) is 23.6 Å². The number of hydrogen-bond donors (Lipinski definition) is 2. The predicted molar refractivity (Wildman–Crippen MR) is 90.9 cm³/mol. The lowest BCUT2D eigenvalue weighted by molar-refractivity contribution is -0.133. The number of nitrogens with zero attached hydrogens (tertiary/aromatic N) is 3. The van der Waals surface area contributed by atoms with E-state index in [4.69, 9.17) is 5.11 Å². The molecule has 1 atom stereocenters. The summed E-state index contributed by atoms with van der Waals surface area (Å²) in [5, 5.41) is 19.9. The van der Waals surface area contributed by atoms with Crippen LogP contribution < -0.4 is 5.32 Å². The van der Waals surface area contributed by atoms with Gasteiger partial charge in [0.25, 0.3) is 5.91 Å². The molecule has 0 bridgehead atoms. The van der Waals surface area contributed by atoms with Crippen molar-refractivity contribution in [3.63, 3.8) is 0 Å². The Bertz CT molecular complexity index is 793. The molecule has 0 unspecified atom stereocenters. The molecule has 1 aromatic heterocycles. The van der Waals surface area contributed by atoms with E-state index < -0.39 is 23.7 Å². The van der Waals surface area contributed by atoms with Crippen molar-refractivity contribution in [1.29, 1.82) is 0 Å². The van der Waals surface area contributed by atoms with Gasteiger partial charge < -0.3 is 15.0 Å². The van der Waals surface area contributed by atoms with Gasteiger partial charge in [-0.1, -0.05) is 30.0 Å². The van der Waals surface area contributed by atoms with Crippen molar-refractivity contribution in [2.45, 2.75) is 24.7 Å². The molecule has 132 valence electrons. The highest BCUT2D eigenvalue weighted by Gasteiger charge is 2.21. The molecule has 1 heterocycles. The normalized spacial score (nSPS) is 11.8. The van der Waals surface area contributed by atoms with Crippen LogP contribution in [0.3, 0.4) is 0 Å². The lowest BCUT2D eigenvalue weighted by atomic mass is 10.2. The monoisotopic (exact) mass is 364 g/mol. The first-order chi connectivity index (χ1) is 11.9. The maximum atomic E-state index is 13.7. The fourth-order valence-corrected chi connectivity index (χ4v) is 2.81. The van der Waals surface area contributed by atoms with Gasteiger partial charge in [0.05, 0.1) is 17.4 Å². The average molecular weight is 364 g/mol. The van der Waals surface area contributed by atoms with Gasteiger partial charge in [-0.15, -0.1) is 16.8 Å². The molecular weight excluding hydrogens is 347 g/mol. The maximum Gasteiger partial charge on any atom is 0.313 e. The first-order valence-electron chi connectivity index (χ1n) is 7.38. The molecule has 2 N–H and O–H groups in total. The van der Waals surface area contributed by atoms with Crippen molar-refractivity contribution in [2.24, 2.45) is 0 Å². The van der Waals surface area contributed by atoms with E-state index in [0.29, 0.717) is 17.5 Å². The number of benzene rings is 1. The van der Waals surface area contributed by atoms with Gasteiger partial charge in [-0.25, -0.2) is 4.39 Å². The molecule has 2 aromatic rings. The number of halogens is 1. The number of aliphatic carboxylic acids is 1. The summed E-state index contributed by atoms with van der Waals surface area (Å²) >= 11 is 1.02. The van der Waals surface area contributed by atoms with Crippen molar-refractivity contribution < 1.29 is 19.1 Å². The summed E-state index contributed by atoms with van der Waals surface area (Å²) in [6.07, 6.45) is 1.61. The molecule has 0 saturated carbocycles. The lowest BCUT2D eigenvalue weighted by Crippen LogP contribution is -2.29. The van der Waals surface area contributed by atoms with Crippen LogP contribution in [0.1, 0.15) is 29.1 Å². The van der Waals surface area contributed by atoms with Gasteiger partial charge in [-0.3, -0.25) is 9.59 Å². The van der Waals surface area contributed by atoms with E-state index in [1.807, 2.05) is 0 Å². The van der Waals surface area contributed by atoms with Gasteiger partial charge >= 0.3 is 5.97 Å². The second-order valence-corrected chi connectivity index (χ2v) is 6.04. The van der Waals surface area contributed by atoms with Crippen LogP contribution in [0.2, 0.25) is 0 Å². The Balaban J connectivity index is 2.19. The topological polar surface area (TPSA) is 97.1 Å². The smallest absolute Gasteiger partial charge is 0.313 e. The molecule has 25 heavy (non-hydrogen) atoms. The Labute approximate surface area is 148 Å². The van der Waals surface area contributed by atoms with Crippen LogP contribution in [0.25, 0.3) is 0 Å². The lowest BCUT2D eigenvalue weighted by Gasteiger charge is -2.15. The van der Waals surface area contributed by atoms with Crippen LogP contribution in [-0.4, -0.2) is 37.5 Å². The molecule has 7 nitrogen and oxygen atoms in total. The zero-order chi connectivity index (χ0) is 18.4. The number of carboxylic acid groups (broad SMARTS) is 1. The fraction of sp³-hybridized carbons (Fsp3) is 0.250. The number of carbonyl (C=O) groups is 2. The van der Waals surface area contributed by atoms with Crippen LogP contribution in [0.5, 0.6) is 0 Å². The van der Waals surface area contributed by atoms with Crippen LogP contribution in [0.15, 0.2) is 42.1 Å². The summed E-state index contributed by atoms with van der Waals surface area (Å²) in [6, 6.07) is 5.12. The van der Waals surface area contributed by atoms with Crippen molar-refractivity contribution in [2.75, 3.05) is 5.75 Å². The van der Waals surface area contributed by atoms with E-state index in [-0.39, 0.29) is 11.3 Å². The Morgan fingerprint density at radius 2 is 2.16 bits per heavy atom. The zero-order valence-corrected chi connectivity index (χ0v) is 14.3. The minimum atomic E-state index is -0.972. The van der Waals surface area contributed by atoms with E-state index in [0.717, 1.165) is 11.8 Å². The molecule has 0 fully saturated rings. The molecule has 9 heteroatoms. The van der Waals surface area contributed by atoms with E-state index >= 15 is 0 Å². The van der Waals surface area contributed by atoms with E-state index in [9.17, 15) is 14.0 Å². The standard InChI is InChI=1S/C16H17FN4O3S/c1-3-8-21-14(19-20-16(21)25-9-13(22)23)10(2)18-15(24)11-6-4-5-7-12(11)17/h3-7,10H,1,8-9H2,2H3,(H,18,24)(H,22,23)/t10-/m0/s1. The molecular formula is C16H17FN4O3S. The van der Waals surface area contributed by atoms with Crippen molar-refractivity contribution in [1.82, 2.24) is 20.1 Å². The third-order valence-corrected chi connectivity index (χ3v) is 4.19. The maximum absolute atomic E-state index is 13.7. The highest BCUT2D eigenvalue weighted by atomic mass is 32.2.